The molecule has 1 aliphatic rings. The lowest BCUT2D eigenvalue weighted by Gasteiger charge is -2.40. The Balaban J connectivity index is 2.22. The van der Waals surface area contributed by atoms with Crippen molar-refractivity contribution in [2.45, 2.75) is 26.4 Å². The lowest BCUT2D eigenvalue weighted by Crippen LogP contribution is -2.50. The zero-order valence-corrected chi connectivity index (χ0v) is 11.1. The standard InChI is InChI=1S/C14H23N3/c1-11-8-13(9-15)4-5-14(11)17-7-6-16(3)10-12(17)2/h4-5,8,12H,6-7,9-10,15H2,1-3H3. The van der Waals surface area contributed by atoms with E-state index in [9.17, 15) is 0 Å². The highest BCUT2D eigenvalue weighted by atomic mass is 15.3. The summed E-state index contributed by atoms with van der Waals surface area (Å²) in [5, 5.41) is 0. The molecule has 17 heavy (non-hydrogen) atoms. The fourth-order valence-corrected chi connectivity index (χ4v) is 2.66. The third-order valence-corrected chi connectivity index (χ3v) is 3.64. The monoisotopic (exact) mass is 233 g/mol. The molecule has 1 aliphatic heterocycles. The highest BCUT2D eigenvalue weighted by Crippen LogP contribution is 2.25. The van der Waals surface area contributed by atoms with Crippen molar-refractivity contribution in [3.8, 4) is 0 Å². The molecule has 2 rings (SSSR count). The van der Waals surface area contributed by atoms with E-state index >= 15 is 0 Å². The van der Waals surface area contributed by atoms with Gasteiger partial charge in [-0.25, -0.2) is 0 Å². The number of nitrogens with two attached hydrogens (primary N) is 1. The fourth-order valence-electron chi connectivity index (χ4n) is 2.66. The van der Waals surface area contributed by atoms with Crippen LogP contribution in [-0.2, 0) is 6.54 Å². The minimum atomic E-state index is 0.580. The van der Waals surface area contributed by atoms with Gasteiger partial charge in [-0.2, -0.15) is 0 Å². The summed E-state index contributed by atoms with van der Waals surface area (Å²) in [7, 11) is 2.19. The van der Waals surface area contributed by atoms with Gasteiger partial charge in [0.05, 0.1) is 0 Å². The zero-order valence-electron chi connectivity index (χ0n) is 11.1. The summed E-state index contributed by atoms with van der Waals surface area (Å²) in [6.45, 7) is 8.49. The van der Waals surface area contributed by atoms with Gasteiger partial charge in [0.1, 0.15) is 0 Å². The first-order chi connectivity index (χ1) is 8.11. The smallest absolute Gasteiger partial charge is 0.0399 e. The molecule has 1 heterocycles. The SMILES string of the molecule is Cc1cc(CN)ccc1N1CCN(C)CC1C. The molecule has 0 bridgehead atoms. The number of likely N-dealkylation sites (N-methyl/N-ethyl adjacent to an activating group) is 1. The minimum absolute atomic E-state index is 0.580. The lowest BCUT2D eigenvalue weighted by atomic mass is 10.1. The maximum Gasteiger partial charge on any atom is 0.0399 e. The molecule has 0 aliphatic carbocycles. The molecule has 94 valence electrons. The van der Waals surface area contributed by atoms with E-state index in [0.29, 0.717) is 12.6 Å². The van der Waals surface area contributed by atoms with Crippen LogP contribution >= 0.6 is 0 Å². The molecule has 1 aromatic carbocycles. The van der Waals surface area contributed by atoms with Crippen LogP contribution in [-0.4, -0.2) is 37.6 Å². The summed E-state index contributed by atoms with van der Waals surface area (Å²) in [4.78, 5) is 4.90. The number of anilines is 1. The molecule has 1 fully saturated rings. The number of benzene rings is 1. The maximum absolute atomic E-state index is 5.67. The molecule has 0 spiro atoms. The summed E-state index contributed by atoms with van der Waals surface area (Å²) in [6, 6.07) is 7.16. The average Bonchev–Trinajstić information content (AvgIpc) is 2.30. The Bertz CT molecular complexity index is 389. The molecule has 1 atom stereocenters. The number of piperazine rings is 1. The van der Waals surface area contributed by atoms with Gasteiger partial charge in [0.15, 0.2) is 0 Å². The van der Waals surface area contributed by atoms with Crippen LogP contribution in [0.3, 0.4) is 0 Å². The second kappa shape index (κ2) is 5.07. The summed E-state index contributed by atoms with van der Waals surface area (Å²) in [5.41, 5.74) is 9.59. The largest absolute Gasteiger partial charge is 0.366 e. The summed E-state index contributed by atoms with van der Waals surface area (Å²) >= 11 is 0. The third-order valence-electron chi connectivity index (χ3n) is 3.64. The molecule has 0 amide bonds. The fraction of sp³-hybridized carbons (Fsp3) is 0.571. The number of rotatable bonds is 2. The first kappa shape index (κ1) is 12.4. The lowest BCUT2D eigenvalue weighted by molar-refractivity contribution is 0.275. The van der Waals surface area contributed by atoms with Gasteiger partial charge in [0.25, 0.3) is 0 Å². The van der Waals surface area contributed by atoms with Crippen LogP contribution < -0.4 is 10.6 Å². The van der Waals surface area contributed by atoms with Crippen LogP contribution in [0, 0.1) is 6.92 Å². The van der Waals surface area contributed by atoms with Gasteiger partial charge < -0.3 is 15.5 Å². The van der Waals surface area contributed by atoms with Crippen molar-refractivity contribution in [2.24, 2.45) is 5.73 Å². The van der Waals surface area contributed by atoms with Gasteiger partial charge in [0.2, 0.25) is 0 Å². The third kappa shape index (κ3) is 2.61. The molecule has 0 aromatic heterocycles. The van der Waals surface area contributed by atoms with Crippen molar-refractivity contribution < 1.29 is 0 Å². The van der Waals surface area contributed by atoms with Crippen LogP contribution in [0.5, 0.6) is 0 Å². The van der Waals surface area contributed by atoms with E-state index in [4.69, 9.17) is 5.73 Å². The number of hydrogen-bond donors (Lipinski definition) is 1. The van der Waals surface area contributed by atoms with Crippen molar-refractivity contribution in [3.63, 3.8) is 0 Å². The van der Waals surface area contributed by atoms with Crippen molar-refractivity contribution in [1.29, 1.82) is 0 Å². The highest BCUT2D eigenvalue weighted by Gasteiger charge is 2.22. The van der Waals surface area contributed by atoms with E-state index in [-0.39, 0.29) is 0 Å². The van der Waals surface area contributed by atoms with E-state index in [1.54, 1.807) is 0 Å². The number of aryl methyl sites for hydroxylation is 1. The van der Waals surface area contributed by atoms with E-state index in [1.807, 2.05) is 0 Å². The van der Waals surface area contributed by atoms with E-state index in [2.05, 4.69) is 48.9 Å². The van der Waals surface area contributed by atoms with Crippen LogP contribution in [0.25, 0.3) is 0 Å². The summed E-state index contributed by atoms with van der Waals surface area (Å²) in [5.74, 6) is 0. The maximum atomic E-state index is 5.67. The zero-order chi connectivity index (χ0) is 12.4. The molecule has 1 saturated heterocycles. The quantitative estimate of drug-likeness (QED) is 0.842. The van der Waals surface area contributed by atoms with E-state index in [1.165, 1.54) is 16.8 Å². The van der Waals surface area contributed by atoms with Gasteiger partial charge in [-0.1, -0.05) is 12.1 Å². The summed E-state index contributed by atoms with van der Waals surface area (Å²) in [6.07, 6.45) is 0. The van der Waals surface area contributed by atoms with Crippen LogP contribution in [0.2, 0.25) is 0 Å². The Morgan fingerprint density at radius 2 is 2.12 bits per heavy atom. The second-order valence-corrected chi connectivity index (χ2v) is 5.13. The molecule has 0 saturated carbocycles. The molecule has 1 unspecified atom stereocenters. The predicted octanol–water partition coefficient (Wildman–Crippen LogP) is 1.59. The van der Waals surface area contributed by atoms with Crippen molar-refractivity contribution in [3.05, 3.63) is 29.3 Å². The van der Waals surface area contributed by atoms with E-state index < -0.39 is 0 Å². The van der Waals surface area contributed by atoms with Gasteiger partial charge in [0, 0.05) is 37.9 Å². The molecule has 3 heteroatoms. The Hall–Kier alpha value is -1.06. The van der Waals surface area contributed by atoms with Gasteiger partial charge in [-0.05, 0) is 38.1 Å². The molecular formula is C14H23N3. The van der Waals surface area contributed by atoms with Gasteiger partial charge in [-0.3, -0.25) is 0 Å². The van der Waals surface area contributed by atoms with Gasteiger partial charge in [-0.15, -0.1) is 0 Å². The normalized spacial score (nSPS) is 21.9. The molecule has 2 N–H and O–H groups in total. The van der Waals surface area contributed by atoms with Gasteiger partial charge >= 0.3 is 0 Å². The molecule has 3 nitrogen and oxygen atoms in total. The Morgan fingerprint density at radius 1 is 1.35 bits per heavy atom. The van der Waals surface area contributed by atoms with Crippen LogP contribution in [0.15, 0.2) is 18.2 Å². The van der Waals surface area contributed by atoms with Crippen molar-refractivity contribution in [1.82, 2.24) is 4.90 Å². The predicted molar refractivity (Wildman–Crippen MR) is 73.4 cm³/mol. The number of nitrogens with zero attached hydrogens (tertiary/aromatic N) is 2. The first-order valence-electron chi connectivity index (χ1n) is 6.36. The highest BCUT2D eigenvalue weighted by molar-refractivity contribution is 5.55. The number of hydrogen-bond acceptors (Lipinski definition) is 3. The first-order valence-corrected chi connectivity index (χ1v) is 6.36. The molecule has 0 radical (unpaired) electrons. The van der Waals surface area contributed by atoms with Crippen molar-refractivity contribution in [2.75, 3.05) is 31.6 Å². The van der Waals surface area contributed by atoms with Crippen LogP contribution in [0.1, 0.15) is 18.1 Å². The topological polar surface area (TPSA) is 32.5 Å². The van der Waals surface area contributed by atoms with E-state index in [0.717, 1.165) is 19.6 Å². The second-order valence-electron chi connectivity index (χ2n) is 5.13. The molecular weight excluding hydrogens is 210 g/mol. The Labute approximate surface area is 104 Å². The summed E-state index contributed by atoms with van der Waals surface area (Å²) < 4.78 is 0. The van der Waals surface area contributed by atoms with Crippen LogP contribution in [0.4, 0.5) is 5.69 Å². The van der Waals surface area contributed by atoms with Crippen molar-refractivity contribution >= 4 is 5.69 Å². The Kier molecular flexibility index (Phi) is 3.69. The average molecular weight is 233 g/mol. The Morgan fingerprint density at radius 3 is 2.71 bits per heavy atom. The minimum Gasteiger partial charge on any atom is -0.366 e. The molecule has 1 aromatic rings.